The third-order valence-electron chi connectivity index (χ3n) is 1.98. The zero-order valence-electron chi connectivity index (χ0n) is 8.61. The second-order valence-corrected chi connectivity index (χ2v) is 4.46. The Kier molecular flexibility index (Phi) is 3.36. The van der Waals surface area contributed by atoms with E-state index >= 15 is 0 Å². The molecule has 0 bridgehead atoms. The number of nitrogens with zero attached hydrogens (tertiary/aromatic N) is 2. The highest BCUT2D eigenvalue weighted by molar-refractivity contribution is 7.97. The van der Waals surface area contributed by atoms with Crippen LogP contribution in [0.2, 0.25) is 5.02 Å². The van der Waals surface area contributed by atoms with Crippen molar-refractivity contribution in [3.63, 3.8) is 0 Å². The van der Waals surface area contributed by atoms with Gasteiger partial charge in [0, 0.05) is 5.56 Å². The van der Waals surface area contributed by atoms with E-state index in [0.29, 0.717) is 22.4 Å². The first kappa shape index (κ1) is 11.3. The first-order valence-electron chi connectivity index (χ1n) is 4.57. The Morgan fingerprint density at radius 1 is 1.50 bits per heavy atom. The fraction of sp³-hybridized carbons (Fsp3) is 0.200. The molecule has 6 heteroatoms. The van der Waals surface area contributed by atoms with Gasteiger partial charge < -0.3 is 10.3 Å². The highest BCUT2D eigenvalue weighted by Crippen LogP contribution is 2.25. The zero-order valence-corrected chi connectivity index (χ0v) is 10.2. The Balaban J connectivity index is 2.31. The van der Waals surface area contributed by atoms with Gasteiger partial charge in [0.1, 0.15) is 0 Å². The SMILES string of the molecule is CSCc1noc(-c2ccc(Cl)c(N)c2)n1. The predicted molar refractivity (Wildman–Crippen MR) is 66.4 cm³/mol. The quantitative estimate of drug-likeness (QED) is 0.855. The van der Waals surface area contributed by atoms with Gasteiger partial charge in [0.05, 0.1) is 16.5 Å². The van der Waals surface area contributed by atoms with Crippen LogP contribution < -0.4 is 5.73 Å². The van der Waals surface area contributed by atoms with Gasteiger partial charge in [0.25, 0.3) is 5.89 Å². The van der Waals surface area contributed by atoms with Crippen LogP contribution in [-0.2, 0) is 5.75 Å². The van der Waals surface area contributed by atoms with E-state index in [-0.39, 0.29) is 0 Å². The summed E-state index contributed by atoms with van der Waals surface area (Å²) in [7, 11) is 0. The maximum absolute atomic E-state index is 5.83. The van der Waals surface area contributed by atoms with Crippen LogP contribution in [0.4, 0.5) is 5.69 Å². The normalized spacial score (nSPS) is 10.6. The van der Waals surface area contributed by atoms with Crippen LogP contribution in [0.25, 0.3) is 11.5 Å². The minimum Gasteiger partial charge on any atom is -0.398 e. The molecule has 0 unspecified atom stereocenters. The van der Waals surface area contributed by atoms with Gasteiger partial charge in [-0.3, -0.25) is 0 Å². The molecule has 1 aromatic heterocycles. The first-order chi connectivity index (χ1) is 7.70. The highest BCUT2D eigenvalue weighted by Gasteiger charge is 2.09. The fourth-order valence-corrected chi connectivity index (χ4v) is 1.73. The molecular weight excluding hydrogens is 246 g/mol. The molecule has 2 aromatic rings. The van der Waals surface area contributed by atoms with E-state index in [4.69, 9.17) is 21.9 Å². The maximum atomic E-state index is 5.83. The van der Waals surface area contributed by atoms with Crippen molar-refractivity contribution < 1.29 is 4.52 Å². The Bertz CT molecular complexity index is 501. The van der Waals surface area contributed by atoms with Gasteiger partial charge in [-0.2, -0.15) is 16.7 Å². The summed E-state index contributed by atoms with van der Waals surface area (Å²) in [5, 5.41) is 4.37. The molecule has 1 heterocycles. The van der Waals surface area contributed by atoms with Gasteiger partial charge in [-0.05, 0) is 24.5 Å². The Labute approximate surface area is 102 Å². The molecule has 0 aliphatic heterocycles. The van der Waals surface area contributed by atoms with E-state index in [1.165, 1.54) is 0 Å². The molecule has 4 nitrogen and oxygen atoms in total. The van der Waals surface area contributed by atoms with E-state index < -0.39 is 0 Å². The first-order valence-corrected chi connectivity index (χ1v) is 6.35. The fourth-order valence-electron chi connectivity index (χ4n) is 1.24. The summed E-state index contributed by atoms with van der Waals surface area (Å²) in [6, 6.07) is 5.23. The van der Waals surface area contributed by atoms with Crippen molar-refractivity contribution in [2.24, 2.45) is 0 Å². The lowest BCUT2D eigenvalue weighted by Crippen LogP contribution is -1.88. The number of nitrogens with two attached hydrogens (primary N) is 1. The summed E-state index contributed by atoms with van der Waals surface area (Å²) in [5.74, 6) is 1.87. The van der Waals surface area contributed by atoms with Crippen molar-refractivity contribution in [2.45, 2.75) is 5.75 Å². The molecule has 2 N–H and O–H groups in total. The molecular formula is C10H10ClN3OS. The lowest BCUT2D eigenvalue weighted by atomic mass is 10.2. The third-order valence-corrected chi connectivity index (χ3v) is 2.88. The molecule has 0 atom stereocenters. The van der Waals surface area contributed by atoms with Crippen molar-refractivity contribution >= 4 is 29.1 Å². The zero-order chi connectivity index (χ0) is 11.5. The standard InChI is InChI=1S/C10H10ClN3OS/c1-16-5-9-13-10(15-14-9)6-2-3-7(11)8(12)4-6/h2-4H,5,12H2,1H3. The molecule has 1 aromatic carbocycles. The van der Waals surface area contributed by atoms with Gasteiger partial charge in [0.2, 0.25) is 0 Å². The monoisotopic (exact) mass is 255 g/mol. The molecule has 0 radical (unpaired) electrons. The topological polar surface area (TPSA) is 64.9 Å². The van der Waals surface area contributed by atoms with Crippen LogP contribution >= 0.6 is 23.4 Å². The summed E-state index contributed by atoms with van der Waals surface area (Å²) in [6.45, 7) is 0. The van der Waals surface area contributed by atoms with E-state index in [1.807, 2.05) is 6.26 Å². The highest BCUT2D eigenvalue weighted by atomic mass is 35.5. The molecule has 84 valence electrons. The molecule has 0 aliphatic carbocycles. The number of nitrogen functional groups attached to an aromatic ring is 1. The minimum atomic E-state index is 0.465. The van der Waals surface area contributed by atoms with E-state index in [1.54, 1.807) is 30.0 Å². The summed E-state index contributed by atoms with van der Waals surface area (Å²) in [6.07, 6.45) is 1.98. The van der Waals surface area contributed by atoms with Gasteiger partial charge in [-0.1, -0.05) is 16.8 Å². The minimum absolute atomic E-state index is 0.465. The van der Waals surface area contributed by atoms with Crippen LogP contribution in [0.1, 0.15) is 5.82 Å². The van der Waals surface area contributed by atoms with Gasteiger partial charge >= 0.3 is 0 Å². The number of benzene rings is 1. The average molecular weight is 256 g/mol. The lowest BCUT2D eigenvalue weighted by Gasteiger charge is -1.98. The largest absolute Gasteiger partial charge is 0.398 e. The van der Waals surface area contributed by atoms with Gasteiger partial charge in [0.15, 0.2) is 5.82 Å². The summed E-state index contributed by atoms with van der Waals surface area (Å²) < 4.78 is 5.13. The van der Waals surface area contributed by atoms with Crippen molar-refractivity contribution in [1.29, 1.82) is 0 Å². The maximum Gasteiger partial charge on any atom is 0.258 e. The van der Waals surface area contributed by atoms with Crippen molar-refractivity contribution in [3.8, 4) is 11.5 Å². The third kappa shape index (κ3) is 2.31. The molecule has 0 saturated heterocycles. The number of anilines is 1. The van der Waals surface area contributed by atoms with Crippen molar-refractivity contribution in [3.05, 3.63) is 29.0 Å². The van der Waals surface area contributed by atoms with E-state index in [2.05, 4.69) is 10.1 Å². The molecule has 0 fully saturated rings. The second kappa shape index (κ2) is 4.76. The number of hydrogen-bond donors (Lipinski definition) is 1. The van der Waals surface area contributed by atoms with Gasteiger partial charge in [-0.15, -0.1) is 0 Å². The number of aromatic nitrogens is 2. The van der Waals surface area contributed by atoms with Crippen LogP contribution in [0.15, 0.2) is 22.7 Å². The Hall–Kier alpha value is -1.20. The van der Waals surface area contributed by atoms with Crippen LogP contribution in [0.5, 0.6) is 0 Å². The second-order valence-electron chi connectivity index (χ2n) is 3.19. The molecule has 0 aliphatic rings. The Morgan fingerprint density at radius 3 is 3.00 bits per heavy atom. The predicted octanol–water partition coefficient (Wildman–Crippen LogP) is 2.84. The Morgan fingerprint density at radius 2 is 2.31 bits per heavy atom. The molecule has 0 amide bonds. The van der Waals surface area contributed by atoms with E-state index in [9.17, 15) is 0 Å². The molecule has 0 spiro atoms. The smallest absolute Gasteiger partial charge is 0.258 e. The van der Waals surface area contributed by atoms with Crippen LogP contribution in [0, 0.1) is 0 Å². The van der Waals surface area contributed by atoms with E-state index in [0.717, 1.165) is 11.3 Å². The van der Waals surface area contributed by atoms with Crippen molar-refractivity contribution in [1.82, 2.24) is 10.1 Å². The van der Waals surface area contributed by atoms with Crippen LogP contribution in [-0.4, -0.2) is 16.4 Å². The van der Waals surface area contributed by atoms with Crippen LogP contribution in [0.3, 0.4) is 0 Å². The summed E-state index contributed by atoms with van der Waals surface area (Å²) in [4.78, 5) is 4.24. The lowest BCUT2D eigenvalue weighted by molar-refractivity contribution is 0.425. The average Bonchev–Trinajstić information content (AvgIpc) is 2.71. The molecule has 16 heavy (non-hydrogen) atoms. The molecule has 2 rings (SSSR count). The van der Waals surface area contributed by atoms with Gasteiger partial charge in [-0.25, -0.2) is 0 Å². The molecule has 0 saturated carbocycles. The summed E-state index contributed by atoms with van der Waals surface area (Å²) >= 11 is 7.47. The summed E-state index contributed by atoms with van der Waals surface area (Å²) in [5.41, 5.74) is 6.98. The number of halogens is 1. The number of rotatable bonds is 3. The van der Waals surface area contributed by atoms with Crippen molar-refractivity contribution in [2.75, 3.05) is 12.0 Å². The number of thioether (sulfide) groups is 1. The number of hydrogen-bond acceptors (Lipinski definition) is 5.